The van der Waals surface area contributed by atoms with Crippen LogP contribution in [-0.4, -0.2) is 20.4 Å². The fraction of sp³-hybridized carbons (Fsp3) is 0.214. The van der Waals surface area contributed by atoms with E-state index in [4.69, 9.17) is 4.52 Å². The Morgan fingerprint density at radius 3 is 3.00 bits per heavy atom. The molecule has 3 rings (SSSR count). The summed E-state index contributed by atoms with van der Waals surface area (Å²) < 4.78 is 6.72. The average Bonchev–Trinajstić information content (AvgIpc) is 3.01. The molecule has 0 radical (unpaired) electrons. The Kier molecular flexibility index (Phi) is 2.98. The molecule has 1 amide bonds. The first-order valence-corrected chi connectivity index (χ1v) is 6.39. The number of rotatable bonds is 3. The van der Waals surface area contributed by atoms with E-state index in [0.717, 1.165) is 11.3 Å². The second-order valence-corrected chi connectivity index (χ2v) is 4.47. The monoisotopic (exact) mass is 270 g/mol. The minimum Gasteiger partial charge on any atom is -0.360 e. The molecule has 102 valence electrons. The van der Waals surface area contributed by atoms with E-state index in [-0.39, 0.29) is 5.91 Å². The molecule has 0 bridgehead atoms. The van der Waals surface area contributed by atoms with Crippen molar-refractivity contribution < 1.29 is 9.32 Å². The maximum atomic E-state index is 12.4. The highest BCUT2D eigenvalue weighted by molar-refractivity contribution is 6.04. The minimum atomic E-state index is -0.242. The molecule has 0 spiro atoms. The van der Waals surface area contributed by atoms with Crippen LogP contribution in [0, 0.1) is 6.92 Å². The molecule has 0 aliphatic carbocycles. The molecular formula is C14H14N4O2. The predicted molar refractivity (Wildman–Crippen MR) is 73.8 cm³/mol. The van der Waals surface area contributed by atoms with Crippen LogP contribution in [0.3, 0.4) is 0 Å². The molecule has 3 heterocycles. The summed E-state index contributed by atoms with van der Waals surface area (Å²) in [6, 6.07) is 7.30. The van der Waals surface area contributed by atoms with Crippen LogP contribution in [0.25, 0.3) is 5.65 Å². The number of hydrogen-bond donors (Lipinski definition) is 1. The Bertz CT molecular complexity index is 772. The van der Waals surface area contributed by atoms with Crippen LogP contribution in [0.1, 0.15) is 28.9 Å². The summed E-state index contributed by atoms with van der Waals surface area (Å²) >= 11 is 0. The summed E-state index contributed by atoms with van der Waals surface area (Å²) in [5, 5.41) is 6.49. The van der Waals surface area contributed by atoms with Crippen molar-refractivity contribution in [2.45, 2.75) is 20.3 Å². The molecule has 6 heteroatoms. The number of carbonyl (C=O) groups is 1. The first-order chi connectivity index (χ1) is 9.69. The van der Waals surface area contributed by atoms with Crippen molar-refractivity contribution in [1.29, 1.82) is 0 Å². The third-order valence-corrected chi connectivity index (χ3v) is 3.02. The number of imidazole rings is 1. The first-order valence-electron chi connectivity index (χ1n) is 6.39. The first kappa shape index (κ1) is 12.4. The van der Waals surface area contributed by atoms with Gasteiger partial charge in [0.25, 0.3) is 5.91 Å². The molecule has 0 aliphatic rings. The van der Waals surface area contributed by atoms with Crippen LogP contribution in [0.5, 0.6) is 0 Å². The normalized spacial score (nSPS) is 10.9. The van der Waals surface area contributed by atoms with Gasteiger partial charge < -0.3 is 9.84 Å². The van der Waals surface area contributed by atoms with Gasteiger partial charge in [-0.1, -0.05) is 18.1 Å². The molecule has 20 heavy (non-hydrogen) atoms. The molecule has 0 aromatic carbocycles. The van der Waals surface area contributed by atoms with Crippen LogP contribution < -0.4 is 5.32 Å². The zero-order chi connectivity index (χ0) is 14.1. The van der Waals surface area contributed by atoms with Crippen molar-refractivity contribution in [3.8, 4) is 0 Å². The van der Waals surface area contributed by atoms with Crippen molar-refractivity contribution in [3.05, 3.63) is 47.6 Å². The summed E-state index contributed by atoms with van der Waals surface area (Å²) in [6.07, 6.45) is 2.51. The number of aromatic nitrogens is 3. The molecule has 6 nitrogen and oxygen atoms in total. The van der Waals surface area contributed by atoms with Crippen molar-refractivity contribution in [3.63, 3.8) is 0 Å². The molecule has 1 N–H and O–H groups in total. The molecule has 0 saturated carbocycles. The second-order valence-electron chi connectivity index (χ2n) is 4.47. The van der Waals surface area contributed by atoms with Gasteiger partial charge in [0.1, 0.15) is 17.1 Å². The largest absolute Gasteiger partial charge is 0.360 e. The number of amides is 1. The van der Waals surface area contributed by atoms with E-state index in [2.05, 4.69) is 15.5 Å². The van der Waals surface area contributed by atoms with Gasteiger partial charge in [-0.2, -0.15) is 0 Å². The van der Waals surface area contributed by atoms with E-state index >= 15 is 0 Å². The highest BCUT2D eigenvalue weighted by atomic mass is 16.5. The average molecular weight is 270 g/mol. The number of nitrogens with zero attached hydrogens (tertiary/aromatic N) is 3. The quantitative estimate of drug-likeness (QED) is 0.793. The second kappa shape index (κ2) is 4.80. The van der Waals surface area contributed by atoms with Crippen molar-refractivity contribution >= 4 is 17.4 Å². The van der Waals surface area contributed by atoms with Crippen molar-refractivity contribution in [1.82, 2.24) is 14.5 Å². The Morgan fingerprint density at radius 1 is 1.45 bits per heavy atom. The van der Waals surface area contributed by atoms with Gasteiger partial charge in [-0.3, -0.25) is 9.20 Å². The molecule has 3 aromatic heterocycles. The lowest BCUT2D eigenvalue weighted by Gasteiger charge is -2.03. The van der Waals surface area contributed by atoms with Gasteiger partial charge in [-0.15, -0.1) is 0 Å². The fourth-order valence-electron chi connectivity index (χ4n) is 2.13. The Hall–Kier alpha value is -2.63. The van der Waals surface area contributed by atoms with E-state index in [1.54, 1.807) is 17.4 Å². The van der Waals surface area contributed by atoms with E-state index in [1.807, 2.05) is 31.3 Å². The molecule has 0 saturated heterocycles. The third kappa shape index (κ3) is 2.05. The zero-order valence-electron chi connectivity index (χ0n) is 11.3. The van der Waals surface area contributed by atoms with Gasteiger partial charge in [0.05, 0.1) is 5.69 Å². The van der Waals surface area contributed by atoms with Crippen LogP contribution in [0.4, 0.5) is 5.82 Å². The maximum Gasteiger partial charge on any atom is 0.275 e. The van der Waals surface area contributed by atoms with Crippen LogP contribution in [0.15, 0.2) is 35.0 Å². The number of carbonyl (C=O) groups excluding carboxylic acids is 1. The molecule has 0 unspecified atom stereocenters. The van der Waals surface area contributed by atoms with Gasteiger partial charge in [-0.05, 0) is 25.5 Å². The van der Waals surface area contributed by atoms with Gasteiger partial charge in [-0.25, -0.2) is 4.98 Å². The number of nitrogens with one attached hydrogen (secondary N) is 1. The highest BCUT2D eigenvalue weighted by Crippen LogP contribution is 2.16. The van der Waals surface area contributed by atoms with Crippen molar-refractivity contribution in [2.75, 3.05) is 5.32 Å². The lowest BCUT2D eigenvalue weighted by atomic mass is 10.2. The number of pyridine rings is 1. The van der Waals surface area contributed by atoms with Crippen LogP contribution in [-0.2, 0) is 6.42 Å². The molecule has 0 aliphatic heterocycles. The van der Waals surface area contributed by atoms with Crippen LogP contribution >= 0.6 is 0 Å². The minimum absolute atomic E-state index is 0.242. The van der Waals surface area contributed by atoms with Gasteiger partial charge in [0, 0.05) is 12.3 Å². The lowest BCUT2D eigenvalue weighted by molar-refractivity contribution is 0.101. The summed E-state index contributed by atoms with van der Waals surface area (Å²) in [7, 11) is 0. The third-order valence-electron chi connectivity index (χ3n) is 3.02. The Morgan fingerprint density at radius 2 is 2.30 bits per heavy atom. The van der Waals surface area contributed by atoms with Gasteiger partial charge in [0.15, 0.2) is 5.82 Å². The van der Waals surface area contributed by atoms with Gasteiger partial charge in [0.2, 0.25) is 0 Å². The zero-order valence-corrected chi connectivity index (χ0v) is 11.3. The SMILES string of the molecule is CCc1nc2ccccn2c1C(=O)Nc1cc(C)on1. The summed E-state index contributed by atoms with van der Waals surface area (Å²) in [4.78, 5) is 16.9. The molecule has 3 aromatic rings. The Labute approximate surface area is 115 Å². The van der Waals surface area contributed by atoms with Gasteiger partial charge >= 0.3 is 0 Å². The summed E-state index contributed by atoms with van der Waals surface area (Å²) in [5.74, 6) is 0.809. The number of anilines is 1. The topological polar surface area (TPSA) is 72.4 Å². The highest BCUT2D eigenvalue weighted by Gasteiger charge is 2.18. The fourth-order valence-corrected chi connectivity index (χ4v) is 2.13. The van der Waals surface area contributed by atoms with E-state index in [9.17, 15) is 4.79 Å². The number of fused-ring (bicyclic) bond motifs is 1. The summed E-state index contributed by atoms with van der Waals surface area (Å²) in [6.45, 7) is 3.74. The maximum absolute atomic E-state index is 12.4. The van der Waals surface area contributed by atoms with Crippen LogP contribution in [0.2, 0.25) is 0 Å². The predicted octanol–water partition coefficient (Wildman–Crippen LogP) is 2.45. The Balaban J connectivity index is 2.02. The van der Waals surface area contributed by atoms with E-state index < -0.39 is 0 Å². The summed E-state index contributed by atoms with van der Waals surface area (Å²) in [5.41, 5.74) is 2.04. The molecule has 0 atom stereocenters. The lowest BCUT2D eigenvalue weighted by Crippen LogP contribution is -2.16. The van der Waals surface area contributed by atoms with Crippen molar-refractivity contribution in [2.24, 2.45) is 0 Å². The van der Waals surface area contributed by atoms with E-state index in [1.165, 1.54) is 0 Å². The molecule has 0 fully saturated rings. The molecular weight excluding hydrogens is 256 g/mol. The standard InChI is InChI=1S/C14H14N4O2/c1-3-10-13(18-7-5-4-6-12(18)15-10)14(19)16-11-8-9(2)20-17-11/h4-8H,3H2,1-2H3,(H,16,17,19). The number of aryl methyl sites for hydroxylation is 2. The smallest absolute Gasteiger partial charge is 0.275 e. The van der Waals surface area contributed by atoms with E-state index in [0.29, 0.717) is 23.7 Å². The number of hydrogen-bond acceptors (Lipinski definition) is 4.